The van der Waals surface area contributed by atoms with Gasteiger partial charge in [-0.05, 0) is 40.2 Å². The van der Waals surface area contributed by atoms with Gasteiger partial charge in [-0.1, -0.05) is 30.3 Å². The van der Waals surface area contributed by atoms with Crippen LogP contribution in [0, 0.1) is 0 Å². The Labute approximate surface area is 187 Å². The Bertz CT molecular complexity index is 922. The van der Waals surface area contributed by atoms with E-state index in [0.29, 0.717) is 5.82 Å². The number of esters is 1. The van der Waals surface area contributed by atoms with Crippen molar-refractivity contribution in [3.63, 3.8) is 0 Å². The summed E-state index contributed by atoms with van der Waals surface area (Å²) in [7, 11) is 1.28. The zero-order valence-corrected chi connectivity index (χ0v) is 19.3. The van der Waals surface area contributed by atoms with Crippen LogP contribution in [0.5, 0.6) is 0 Å². The molecule has 1 aromatic heterocycles. The van der Waals surface area contributed by atoms with E-state index in [0.717, 1.165) is 5.56 Å². The molecule has 0 spiro atoms. The van der Waals surface area contributed by atoms with Crippen LogP contribution in [-0.4, -0.2) is 51.5 Å². The number of alkyl carbamates (subject to hydrolysis) is 1. The lowest BCUT2D eigenvalue weighted by atomic mass is 10.1. The standard InChI is InChI=1S/C22H31N5O5/c1-14(24-21(30)32-22(3,4)5)18-26-23-13-27(18)15(2)19(28)25-17(20(29)31-6)12-16-10-8-7-9-11-16/h7-11,13-15,17H,12H2,1-6H3,(H,24,30)(H,25,28)/t14-,15-,17-/m0/s1. The van der Waals surface area contributed by atoms with Crippen molar-refractivity contribution in [3.8, 4) is 0 Å². The third-order valence-corrected chi connectivity index (χ3v) is 4.60. The van der Waals surface area contributed by atoms with E-state index in [4.69, 9.17) is 9.47 Å². The van der Waals surface area contributed by atoms with Gasteiger partial charge >= 0.3 is 12.1 Å². The molecular weight excluding hydrogens is 414 g/mol. The van der Waals surface area contributed by atoms with Crippen LogP contribution in [-0.2, 0) is 25.5 Å². The van der Waals surface area contributed by atoms with Crippen molar-refractivity contribution >= 4 is 18.0 Å². The second kappa shape index (κ2) is 10.7. The van der Waals surface area contributed by atoms with Gasteiger partial charge in [0.25, 0.3) is 0 Å². The Hall–Kier alpha value is -3.43. The van der Waals surface area contributed by atoms with Crippen molar-refractivity contribution < 1.29 is 23.9 Å². The number of nitrogens with one attached hydrogen (secondary N) is 2. The van der Waals surface area contributed by atoms with E-state index in [1.165, 1.54) is 18.0 Å². The van der Waals surface area contributed by atoms with Gasteiger partial charge in [0.15, 0.2) is 5.82 Å². The van der Waals surface area contributed by atoms with Crippen molar-refractivity contribution in [2.75, 3.05) is 7.11 Å². The molecule has 0 bridgehead atoms. The fourth-order valence-electron chi connectivity index (χ4n) is 3.01. The number of carbonyl (C=O) groups excluding carboxylic acids is 3. The van der Waals surface area contributed by atoms with Crippen molar-refractivity contribution in [1.82, 2.24) is 25.4 Å². The summed E-state index contributed by atoms with van der Waals surface area (Å²) in [5.74, 6) is -0.587. The molecule has 2 rings (SSSR count). The number of benzene rings is 1. The SMILES string of the molecule is COC(=O)[C@H](Cc1ccccc1)NC(=O)[C@H](C)n1cnnc1[C@H](C)NC(=O)OC(C)(C)C. The number of carbonyl (C=O) groups is 3. The van der Waals surface area contributed by atoms with E-state index in [1.54, 1.807) is 34.6 Å². The number of hydrogen-bond acceptors (Lipinski definition) is 7. The van der Waals surface area contributed by atoms with E-state index in [1.807, 2.05) is 30.3 Å². The molecular formula is C22H31N5O5. The van der Waals surface area contributed by atoms with Crippen LogP contribution in [0.1, 0.15) is 58.1 Å². The monoisotopic (exact) mass is 445 g/mol. The molecule has 0 radical (unpaired) electrons. The van der Waals surface area contributed by atoms with Gasteiger partial charge < -0.3 is 24.7 Å². The summed E-state index contributed by atoms with van der Waals surface area (Å²) >= 11 is 0. The third-order valence-electron chi connectivity index (χ3n) is 4.60. The minimum absolute atomic E-state index is 0.289. The summed E-state index contributed by atoms with van der Waals surface area (Å²) < 4.78 is 11.7. The number of aromatic nitrogens is 3. The maximum absolute atomic E-state index is 12.9. The predicted octanol–water partition coefficient (Wildman–Crippen LogP) is 2.33. The molecule has 0 fully saturated rings. The normalized spacial score (nSPS) is 14.1. The molecule has 0 aliphatic carbocycles. The molecule has 0 aliphatic heterocycles. The topological polar surface area (TPSA) is 124 Å². The van der Waals surface area contributed by atoms with E-state index in [2.05, 4.69) is 20.8 Å². The second-order valence-corrected chi connectivity index (χ2v) is 8.41. The van der Waals surface area contributed by atoms with Crippen molar-refractivity contribution in [3.05, 3.63) is 48.0 Å². The number of ether oxygens (including phenoxy) is 2. The molecule has 0 saturated heterocycles. The lowest BCUT2D eigenvalue weighted by Gasteiger charge is -2.23. The zero-order chi connectivity index (χ0) is 23.9. The van der Waals surface area contributed by atoms with Crippen molar-refractivity contribution in [2.45, 2.75) is 64.8 Å². The van der Waals surface area contributed by atoms with Gasteiger partial charge in [-0.15, -0.1) is 10.2 Å². The van der Waals surface area contributed by atoms with Gasteiger partial charge in [-0.3, -0.25) is 4.79 Å². The van der Waals surface area contributed by atoms with Crippen LogP contribution >= 0.6 is 0 Å². The summed E-state index contributed by atoms with van der Waals surface area (Å²) in [5.41, 5.74) is 0.239. The van der Waals surface area contributed by atoms with E-state index in [9.17, 15) is 14.4 Å². The molecule has 2 N–H and O–H groups in total. The number of methoxy groups -OCH3 is 1. The molecule has 10 heteroatoms. The molecule has 2 aromatic rings. The molecule has 2 amide bonds. The molecule has 0 aliphatic rings. The minimum atomic E-state index is -0.852. The van der Waals surface area contributed by atoms with Crippen molar-refractivity contribution in [1.29, 1.82) is 0 Å². The van der Waals surface area contributed by atoms with Gasteiger partial charge in [-0.25, -0.2) is 9.59 Å². The molecule has 1 heterocycles. The maximum atomic E-state index is 12.9. The highest BCUT2D eigenvalue weighted by molar-refractivity contribution is 5.86. The lowest BCUT2D eigenvalue weighted by molar-refractivity contribution is -0.145. The number of nitrogens with zero attached hydrogens (tertiary/aromatic N) is 3. The van der Waals surface area contributed by atoms with Gasteiger partial charge in [0, 0.05) is 6.42 Å². The molecule has 0 unspecified atom stereocenters. The van der Waals surface area contributed by atoms with Crippen LogP contribution in [0.25, 0.3) is 0 Å². The van der Waals surface area contributed by atoms with Crippen LogP contribution < -0.4 is 10.6 Å². The third kappa shape index (κ3) is 7.07. The Morgan fingerprint density at radius 1 is 1.09 bits per heavy atom. The Kier molecular flexibility index (Phi) is 8.34. The molecule has 10 nitrogen and oxygen atoms in total. The highest BCUT2D eigenvalue weighted by Gasteiger charge is 2.28. The fourth-order valence-corrected chi connectivity index (χ4v) is 3.01. The summed E-state index contributed by atoms with van der Waals surface area (Å²) in [6, 6.07) is 7.16. The number of amides is 2. The molecule has 174 valence electrons. The molecule has 32 heavy (non-hydrogen) atoms. The first-order valence-electron chi connectivity index (χ1n) is 10.3. The smallest absolute Gasteiger partial charge is 0.408 e. The van der Waals surface area contributed by atoms with Gasteiger partial charge in [0.1, 0.15) is 24.0 Å². The highest BCUT2D eigenvalue weighted by atomic mass is 16.6. The maximum Gasteiger partial charge on any atom is 0.408 e. The van der Waals surface area contributed by atoms with E-state index < -0.39 is 41.7 Å². The average Bonchev–Trinajstić information content (AvgIpc) is 3.21. The first-order valence-corrected chi connectivity index (χ1v) is 10.3. The Balaban J connectivity index is 2.10. The summed E-state index contributed by atoms with van der Waals surface area (Å²) in [4.78, 5) is 37.3. The summed E-state index contributed by atoms with van der Waals surface area (Å²) in [6.07, 6.45) is 1.08. The van der Waals surface area contributed by atoms with Gasteiger partial charge in [0.2, 0.25) is 5.91 Å². The first-order chi connectivity index (χ1) is 15.0. The van der Waals surface area contributed by atoms with Crippen LogP contribution in [0.3, 0.4) is 0 Å². The highest BCUT2D eigenvalue weighted by Crippen LogP contribution is 2.17. The number of rotatable bonds is 8. The van der Waals surface area contributed by atoms with Crippen molar-refractivity contribution in [2.24, 2.45) is 0 Å². The summed E-state index contributed by atoms with van der Waals surface area (Å²) in [5, 5.41) is 13.3. The fraction of sp³-hybridized carbons (Fsp3) is 0.500. The van der Waals surface area contributed by atoms with Crippen LogP contribution in [0.15, 0.2) is 36.7 Å². The predicted molar refractivity (Wildman–Crippen MR) is 117 cm³/mol. The number of hydrogen-bond donors (Lipinski definition) is 2. The first kappa shape index (κ1) is 24.8. The minimum Gasteiger partial charge on any atom is -0.467 e. The lowest BCUT2D eigenvalue weighted by Crippen LogP contribution is -2.45. The molecule has 0 saturated carbocycles. The van der Waals surface area contributed by atoms with Crippen LogP contribution in [0.2, 0.25) is 0 Å². The zero-order valence-electron chi connectivity index (χ0n) is 19.3. The van der Waals surface area contributed by atoms with Gasteiger partial charge in [-0.2, -0.15) is 0 Å². The molecule has 3 atom stereocenters. The average molecular weight is 446 g/mol. The quantitative estimate of drug-likeness (QED) is 0.598. The van der Waals surface area contributed by atoms with E-state index in [-0.39, 0.29) is 6.42 Å². The van der Waals surface area contributed by atoms with Crippen LogP contribution in [0.4, 0.5) is 4.79 Å². The Morgan fingerprint density at radius 2 is 1.75 bits per heavy atom. The van der Waals surface area contributed by atoms with Gasteiger partial charge in [0.05, 0.1) is 13.2 Å². The van der Waals surface area contributed by atoms with E-state index >= 15 is 0 Å². The largest absolute Gasteiger partial charge is 0.467 e. The second-order valence-electron chi connectivity index (χ2n) is 8.41. The molecule has 1 aromatic carbocycles. The Morgan fingerprint density at radius 3 is 2.34 bits per heavy atom. The summed E-state index contributed by atoms with van der Waals surface area (Å²) in [6.45, 7) is 8.65.